The molecule has 0 saturated carbocycles. The van der Waals surface area contributed by atoms with Crippen molar-refractivity contribution in [3.63, 3.8) is 0 Å². The van der Waals surface area contributed by atoms with E-state index in [4.69, 9.17) is 33.2 Å². The summed E-state index contributed by atoms with van der Waals surface area (Å²) >= 11 is 4.21. The zero-order valence-electron chi connectivity index (χ0n) is 23.6. The van der Waals surface area contributed by atoms with Gasteiger partial charge >= 0.3 is 0 Å². The third-order valence-corrected chi connectivity index (χ3v) is 7.69. The van der Waals surface area contributed by atoms with E-state index < -0.39 is 80.2 Å². The normalized spacial score (nSPS) is 36.8. The number of amides is 1. The molecule has 0 radical (unpaired) electrons. The zero-order valence-corrected chi connectivity index (χ0v) is 24.5. The Balaban J connectivity index is 1.52. The SMILES string of the molecule is CC(=O)NC1C(O[C@@H]2OC(CO)[C@H](O)C(O)C2O)[C@H]2OC(c3ccccc3)OCC2O[C@@H]1OCCOCCCCCS. The molecule has 238 valence electrons. The Kier molecular flexibility index (Phi) is 13.2. The van der Waals surface area contributed by atoms with Crippen LogP contribution in [0.5, 0.6) is 0 Å². The van der Waals surface area contributed by atoms with Crippen LogP contribution in [-0.2, 0) is 38.0 Å². The first-order valence-corrected chi connectivity index (χ1v) is 15.0. The fourth-order valence-corrected chi connectivity index (χ4v) is 5.42. The summed E-state index contributed by atoms with van der Waals surface area (Å²) in [5.74, 6) is 0.436. The van der Waals surface area contributed by atoms with Crippen molar-refractivity contribution in [2.45, 2.75) is 93.8 Å². The van der Waals surface area contributed by atoms with Gasteiger partial charge in [0.1, 0.15) is 48.8 Å². The predicted octanol–water partition coefficient (Wildman–Crippen LogP) is -0.351. The van der Waals surface area contributed by atoms with Crippen LogP contribution in [0.4, 0.5) is 0 Å². The molecule has 7 unspecified atom stereocenters. The van der Waals surface area contributed by atoms with E-state index in [-0.39, 0.29) is 13.2 Å². The highest BCUT2D eigenvalue weighted by Gasteiger charge is 2.54. The maximum absolute atomic E-state index is 12.3. The fraction of sp³-hybridized carbons (Fsp3) is 0.750. The number of carbonyl (C=O) groups is 1. The van der Waals surface area contributed by atoms with Crippen LogP contribution in [0.25, 0.3) is 0 Å². The number of rotatable bonds is 14. The van der Waals surface area contributed by atoms with E-state index in [1.54, 1.807) is 0 Å². The Hall–Kier alpha value is -1.40. The molecule has 4 rings (SSSR count). The van der Waals surface area contributed by atoms with E-state index in [0.29, 0.717) is 13.2 Å². The number of aliphatic hydroxyl groups excluding tert-OH is 4. The summed E-state index contributed by atoms with van der Waals surface area (Å²) in [7, 11) is 0. The second-order valence-corrected chi connectivity index (χ2v) is 11.0. The van der Waals surface area contributed by atoms with Crippen LogP contribution in [-0.4, -0.2) is 126 Å². The first kappa shape index (κ1) is 33.5. The molecule has 42 heavy (non-hydrogen) atoms. The molecule has 14 heteroatoms. The van der Waals surface area contributed by atoms with Gasteiger partial charge in [0.2, 0.25) is 5.91 Å². The lowest BCUT2D eigenvalue weighted by molar-refractivity contribution is -0.378. The van der Waals surface area contributed by atoms with Crippen LogP contribution in [0, 0.1) is 0 Å². The van der Waals surface area contributed by atoms with E-state index >= 15 is 0 Å². The van der Waals surface area contributed by atoms with Crippen molar-refractivity contribution in [3.05, 3.63) is 35.9 Å². The summed E-state index contributed by atoms with van der Waals surface area (Å²) in [6, 6.07) is 8.31. The minimum atomic E-state index is -1.66. The van der Waals surface area contributed by atoms with Crippen molar-refractivity contribution in [1.29, 1.82) is 0 Å². The highest BCUT2D eigenvalue weighted by Crippen LogP contribution is 2.37. The van der Waals surface area contributed by atoms with Crippen molar-refractivity contribution in [1.82, 2.24) is 5.32 Å². The molecule has 0 aromatic heterocycles. The summed E-state index contributed by atoms with van der Waals surface area (Å²) < 4.78 is 42.0. The molecule has 0 aliphatic carbocycles. The molecule has 11 atom stereocenters. The van der Waals surface area contributed by atoms with Gasteiger partial charge in [-0.25, -0.2) is 0 Å². The number of thiol groups is 1. The van der Waals surface area contributed by atoms with Gasteiger partial charge in [-0.15, -0.1) is 0 Å². The standard InChI is InChI=1S/C28H43NO12S/c1-16(31)29-20-25(41-28-23(34)22(33)21(32)18(14-30)38-28)24-19(15-37-26(40-24)17-8-4-2-5-9-17)39-27(20)36-12-11-35-10-6-3-7-13-42/h2,4-5,8-9,18-28,30,32-34,42H,3,6-7,10-15H2,1H3,(H,29,31)/t18?,19?,20?,21-,22?,23?,24-,25?,26?,27-,28-/m0/s1. The Morgan fingerprint density at radius 1 is 0.976 bits per heavy atom. The van der Waals surface area contributed by atoms with E-state index in [0.717, 1.165) is 30.6 Å². The molecule has 3 aliphatic heterocycles. The predicted molar refractivity (Wildman–Crippen MR) is 149 cm³/mol. The summed E-state index contributed by atoms with van der Waals surface area (Å²) in [5.41, 5.74) is 0.753. The van der Waals surface area contributed by atoms with Gasteiger partial charge in [0.25, 0.3) is 0 Å². The number of hydrogen-bond donors (Lipinski definition) is 6. The maximum Gasteiger partial charge on any atom is 0.217 e. The Morgan fingerprint density at radius 3 is 2.48 bits per heavy atom. The second-order valence-electron chi connectivity index (χ2n) is 10.5. The average Bonchev–Trinajstić information content (AvgIpc) is 3.00. The second kappa shape index (κ2) is 16.6. The van der Waals surface area contributed by atoms with E-state index in [1.807, 2.05) is 30.3 Å². The molecular formula is C28H43NO12S. The number of benzene rings is 1. The first-order valence-electron chi connectivity index (χ1n) is 14.3. The Labute approximate surface area is 250 Å². The van der Waals surface area contributed by atoms with Gasteiger partial charge in [-0.2, -0.15) is 12.6 Å². The summed E-state index contributed by atoms with van der Waals surface area (Å²) in [6.07, 6.45) is -8.96. The Morgan fingerprint density at radius 2 is 1.76 bits per heavy atom. The van der Waals surface area contributed by atoms with Gasteiger partial charge in [-0.1, -0.05) is 36.8 Å². The minimum Gasteiger partial charge on any atom is -0.394 e. The van der Waals surface area contributed by atoms with Gasteiger partial charge in [0.05, 0.1) is 26.4 Å². The molecule has 3 saturated heterocycles. The Bertz CT molecular complexity index is 945. The zero-order chi connectivity index (χ0) is 30.1. The van der Waals surface area contributed by atoms with Crippen LogP contribution in [0.15, 0.2) is 30.3 Å². The van der Waals surface area contributed by atoms with Crippen LogP contribution in [0.1, 0.15) is 38.0 Å². The number of hydrogen-bond acceptors (Lipinski definition) is 13. The van der Waals surface area contributed by atoms with E-state index in [2.05, 4.69) is 17.9 Å². The van der Waals surface area contributed by atoms with Gasteiger partial charge < -0.3 is 58.9 Å². The van der Waals surface area contributed by atoms with Crippen molar-refractivity contribution >= 4 is 18.5 Å². The molecule has 1 aromatic rings. The number of nitrogens with one attached hydrogen (secondary N) is 1. The number of aliphatic hydroxyl groups is 4. The lowest BCUT2D eigenvalue weighted by atomic mass is 9.94. The van der Waals surface area contributed by atoms with Crippen molar-refractivity contribution in [2.75, 3.05) is 38.8 Å². The molecular weight excluding hydrogens is 574 g/mol. The monoisotopic (exact) mass is 617 g/mol. The summed E-state index contributed by atoms with van der Waals surface area (Å²) in [6.45, 7) is 1.84. The fourth-order valence-electron chi connectivity index (χ4n) is 5.20. The topological polar surface area (TPSA) is 175 Å². The average molecular weight is 618 g/mol. The largest absolute Gasteiger partial charge is 0.394 e. The smallest absolute Gasteiger partial charge is 0.217 e. The third-order valence-electron chi connectivity index (χ3n) is 7.38. The summed E-state index contributed by atoms with van der Waals surface area (Å²) in [5, 5.41) is 43.8. The quantitative estimate of drug-likeness (QED) is 0.118. The molecule has 1 amide bonds. The van der Waals surface area contributed by atoms with Crippen molar-refractivity contribution < 1.29 is 58.4 Å². The highest BCUT2D eigenvalue weighted by atomic mass is 32.1. The minimum absolute atomic E-state index is 0.104. The highest BCUT2D eigenvalue weighted by molar-refractivity contribution is 7.80. The van der Waals surface area contributed by atoms with Crippen LogP contribution < -0.4 is 5.32 Å². The lowest BCUT2D eigenvalue weighted by Crippen LogP contribution is -2.69. The number of fused-ring (bicyclic) bond motifs is 1. The molecule has 0 bridgehead atoms. The van der Waals surface area contributed by atoms with Crippen LogP contribution in [0.3, 0.4) is 0 Å². The van der Waals surface area contributed by atoms with Gasteiger partial charge in [0, 0.05) is 19.1 Å². The molecule has 3 fully saturated rings. The number of carbonyl (C=O) groups excluding carboxylic acids is 1. The van der Waals surface area contributed by atoms with E-state index in [9.17, 15) is 25.2 Å². The maximum atomic E-state index is 12.3. The van der Waals surface area contributed by atoms with E-state index in [1.165, 1.54) is 6.92 Å². The van der Waals surface area contributed by atoms with Gasteiger partial charge in [-0.05, 0) is 18.6 Å². The summed E-state index contributed by atoms with van der Waals surface area (Å²) in [4.78, 5) is 12.3. The molecule has 5 N–H and O–H groups in total. The van der Waals surface area contributed by atoms with Crippen LogP contribution >= 0.6 is 12.6 Å². The molecule has 3 aliphatic rings. The van der Waals surface area contributed by atoms with Crippen molar-refractivity contribution in [3.8, 4) is 0 Å². The molecule has 1 aromatic carbocycles. The van der Waals surface area contributed by atoms with Gasteiger partial charge in [-0.3, -0.25) is 4.79 Å². The van der Waals surface area contributed by atoms with Crippen molar-refractivity contribution in [2.24, 2.45) is 0 Å². The lowest BCUT2D eigenvalue weighted by Gasteiger charge is -2.51. The first-order chi connectivity index (χ1) is 20.3. The molecule has 0 spiro atoms. The molecule has 13 nitrogen and oxygen atoms in total. The number of unbranched alkanes of at least 4 members (excludes halogenated alkanes) is 2. The third kappa shape index (κ3) is 8.61. The van der Waals surface area contributed by atoms with Gasteiger partial charge in [0.15, 0.2) is 18.9 Å². The number of ether oxygens (including phenoxy) is 7. The van der Waals surface area contributed by atoms with Crippen LogP contribution in [0.2, 0.25) is 0 Å². The molecule has 3 heterocycles.